The highest BCUT2D eigenvalue weighted by Gasteiger charge is 2.24. The number of halogens is 3. The van der Waals surface area contributed by atoms with Gasteiger partial charge >= 0.3 is 6.03 Å². The SMILES string of the molecule is C[C@@H](CO)Nc1ncc2c(n1)CN(C(=O)N[C@H](C)c1cc(F)c(F)c(F)c1)CC2. The molecule has 2 heterocycles. The van der Waals surface area contributed by atoms with Gasteiger partial charge in [-0.1, -0.05) is 0 Å². The summed E-state index contributed by atoms with van der Waals surface area (Å²) in [5.41, 5.74) is 1.73. The van der Waals surface area contributed by atoms with Crippen LogP contribution in [0.25, 0.3) is 0 Å². The fraction of sp³-hybridized carbons (Fsp3) is 0.421. The van der Waals surface area contributed by atoms with Crippen molar-refractivity contribution in [2.45, 2.75) is 38.9 Å². The van der Waals surface area contributed by atoms with Gasteiger partial charge in [0.05, 0.1) is 24.9 Å². The van der Waals surface area contributed by atoms with Crippen LogP contribution in [0.2, 0.25) is 0 Å². The Balaban J connectivity index is 1.68. The number of nitrogens with zero attached hydrogens (tertiary/aromatic N) is 3. The van der Waals surface area contributed by atoms with E-state index < -0.39 is 29.5 Å². The van der Waals surface area contributed by atoms with Crippen LogP contribution in [-0.2, 0) is 13.0 Å². The van der Waals surface area contributed by atoms with E-state index in [0.29, 0.717) is 24.6 Å². The van der Waals surface area contributed by atoms with Crippen molar-refractivity contribution in [3.8, 4) is 0 Å². The molecule has 1 aliphatic heterocycles. The van der Waals surface area contributed by atoms with Gasteiger partial charge in [0.15, 0.2) is 17.5 Å². The first-order chi connectivity index (χ1) is 13.8. The monoisotopic (exact) mass is 409 g/mol. The lowest BCUT2D eigenvalue weighted by molar-refractivity contribution is 0.188. The lowest BCUT2D eigenvalue weighted by Gasteiger charge is -2.29. The van der Waals surface area contributed by atoms with E-state index in [-0.39, 0.29) is 24.8 Å². The molecule has 0 aliphatic carbocycles. The molecule has 0 unspecified atom stereocenters. The van der Waals surface area contributed by atoms with Crippen LogP contribution in [0, 0.1) is 17.5 Å². The van der Waals surface area contributed by atoms with Crippen LogP contribution in [0.1, 0.15) is 36.7 Å². The second-order valence-corrected chi connectivity index (χ2v) is 7.03. The predicted molar refractivity (Wildman–Crippen MR) is 99.6 cm³/mol. The maximum absolute atomic E-state index is 13.4. The first-order valence-electron chi connectivity index (χ1n) is 9.20. The zero-order chi connectivity index (χ0) is 21.1. The Morgan fingerprint density at radius 3 is 2.62 bits per heavy atom. The molecule has 29 heavy (non-hydrogen) atoms. The molecule has 0 radical (unpaired) electrons. The zero-order valence-electron chi connectivity index (χ0n) is 16.0. The Morgan fingerprint density at radius 1 is 1.28 bits per heavy atom. The summed E-state index contributed by atoms with van der Waals surface area (Å²) in [6, 6.07) is 0.366. The van der Waals surface area contributed by atoms with Crippen molar-refractivity contribution in [3.63, 3.8) is 0 Å². The molecule has 2 amide bonds. The number of hydrogen-bond acceptors (Lipinski definition) is 5. The molecule has 1 aromatic heterocycles. The Morgan fingerprint density at radius 2 is 1.97 bits per heavy atom. The Labute approximate surface area is 166 Å². The highest BCUT2D eigenvalue weighted by atomic mass is 19.2. The fourth-order valence-corrected chi connectivity index (χ4v) is 3.00. The molecule has 7 nitrogen and oxygen atoms in total. The molecule has 1 aromatic carbocycles. The summed E-state index contributed by atoms with van der Waals surface area (Å²) in [5, 5.41) is 14.8. The highest BCUT2D eigenvalue weighted by molar-refractivity contribution is 5.75. The number of aliphatic hydroxyl groups is 1. The number of carbonyl (C=O) groups is 1. The van der Waals surface area contributed by atoms with Gasteiger partial charge in [0, 0.05) is 18.8 Å². The summed E-state index contributed by atoms with van der Waals surface area (Å²) in [5.74, 6) is -3.79. The first-order valence-corrected chi connectivity index (χ1v) is 9.20. The van der Waals surface area contributed by atoms with E-state index in [2.05, 4.69) is 20.6 Å². The summed E-state index contributed by atoms with van der Waals surface area (Å²) >= 11 is 0. The standard InChI is InChI=1S/C19H22F3N5O2/c1-10(9-28)24-18-23-7-12-3-4-27(8-16(12)26-18)19(29)25-11(2)13-5-14(20)17(22)15(21)6-13/h5-7,10-11,28H,3-4,8-9H2,1-2H3,(H,25,29)(H,23,24,26)/t10-,11+/m0/s1. The van der Waals surface area contributed by atoms with Crippen molar-refractivity contribution >= 4 is 12.0 Å². The van der Waals surface area contributed by atoms with Crippen molar-refractivity contribution in [2.75, 3.05) is 18.5 Å². The molecule has 156 valence electrons. The minimum absolute atomic E-state index is 0.0720. The number of benzene rings is 1. The topological polar surface area (TPSA) is 90.4 Å². The first kappa shape index (κ1) is 20.8. The molecule has 2 atom stereocenters. The lowest BCUT2D eigenvalue weighted by Crippen LogP contribution is -2.44. The summed E-state index contributed by atoms with van der Waals surface area (Å²) in [4.78, 5) is 22.7. The Kier molecular flexibility index (Phi) is 6.21. The number of fused-ring (bicyclic) bond motifs is 1. The van der Waals surface area contributed by atoms with Crippen molar-refractivity contribution in [3.05, 3.63) is 52.6 Å². The number of aliphatic hydroxyl groups excluding tert-OH is 1. The average molecular weight is 409 g/mol. The molecule has 3 N–H and O–H groups in total. The van der Waals surface area contributed by atoms with E-state index >= 15 is 0 Å². The number of urea groups is 1. The van der Waals surface area contributed by atoms with Gasteiger partial charge in [-0.3, -0.25) is 0 Å². The number of anilines is 1. The third-order valence-corrected chi connectivity index (χ3v) is 4.73. The average Bonchev–Trinajstić information content (AvgIpc) is 2.70. The maximum Gasteiger partial charge on any atom is 0.318 e. The highest BCUT2D eigenvalue weighted by Crippen LogP contribution is 2.21. The molecule has 0 saturated heterocycles. The summed E-state index contributed by atoms with van der Waals surface area (Å²) in [6.45, 7) is 3.94. The van der Waals surface area contributed by atoms with Gasteiger partial charge in [0.2, 0.25) is 5.95 Å². The zero-order valence-corrected chi connectivity index (χ0v) is 16.0. The van der Waals surface area contributed by atoms with Crippen LogP contribution >= 0.6 is 0 Å². The predicted octanol–water partition coefficient (Wildman–Crippen LogP) is 2.52. The van der Waals surface area contributed by atoms with Crippen molar-refractivity contribution in [2.24, 2.45) is 0 Å². The van der Waals surface area contributed by atoms with Gasteiger partial charge in [-0.15, -0.1) is 0 Å². The number of hydrogen-bond donors (Lipinski definition) is 3. The van der Waals surface area contributed by atoms with Crippen LogP contribution in [0.3, 0.4) is 0 Å². The maximum atomic E-state index is 13.4. The van der Waals surface area contributed by atoms with Crippen LogP contribution in [-0.4, -0.2) is 45.2 Å². The van der Waals surface area contributed by atoms with E-state index in [0.717, 1.165) is 17.7 Å². The second kappa shape index (κ2) is 8.64. The quantitative estimate of drug-likeness (QED) is 0.661. The van der Waals surface area contributed by atoms with Crippen LogP contribution in [0.5, 0.6) is 0 Å². The van der Waals surface area contributed by atoms with E-state index in [1.807, 2.05) is 0 Å². The summed E-state index contributed by atoms with van der Waals surface area (Å²) < 4.78 is 40.0. The van der Waals surface area contributed by atoms with Crippen molar-refractivity contribution < 1.29 is 23.1 Å². The molecule has 2 aromatic rings. The van der Waals surface area contributed by atoms with E-state index in [1.54, 1.807) is 20.0 Å². The van der Waals surface area contributed by atoms with Gasteiger partial charge in [0.25, 0.3) is 0 Å². The molecule has 3 rings (SSSR count). The van der Waals surface area contributed by atoms with Crippen LogP contribution in [0.15, 0.2) is 18.3 Å². The second-order valence-electron chi connectivity index (χ2n) is 7.03. The Bertz CT molecular complexity index is 888. The largest absolute Gasteiger partial charge is 0.394 e. The Hall–Kier alpha value is -2.88. The summed E-state index contributed by atoms with van der Waals surface area (Å²) in [6.07, 6.45) is 2.25. The van der Waals surface area contributed by atoms with Crippen molar-refractivity contribution in [1.29, 1.82) is 0 Å². The molecule has 0 fully saturated rings. The van der Waals surface area contributed by atoms with E-state index in [4.69, 9.17) is 5.11 Å². The fourth-order valence-electron chi connectivity index (χ4n) is 3.00. The number of amides is 2. The van der Waals surface area contributed by atoms with Gasteiger partial charge in [-0.05, 0) is 43.5 Å². The minimum Gasteiger partial charge on any atom is -0.394 e. The number of nitrogens with one attached hydrogen (secondary N) is 2. The molecule has 0 bridgehead atoms. The minimum atomic E-state index is -1.54. The van der Waals surface area contributed by atoms with Gasteiger partial charge in [-0.25, -0.2) is 27.9 Å². The van der Waals surface area contributed by atoms with Gasteiger partial charge in [0.1, 0.15) is 0 Å². The smallest absolute Gasteiger partial charge is 0.318 e. The van der Waals surface area contributed by atoms with Crippen molar-refractivity contribution in [1.82, 2.24) is 20.2 Å². The molecule has 10 heteroatoms. The lowest BCUT2D eigenvalue weighted by atomic mass is 10.1. The molecule has 0 saturated carbocycles. The molecule has 0 spiro atoms. The summed E-state index contributed by atoms with van der Waals surface area (Å²) in [7, 11) is 0. The van der Waals surface area contributed by atoms with E-state index in [9.17, 15) is 18.0 Å². The van der Waals surface area contributed by atoms with Crippen LogP contribution in [0.4, 0.5) is 23.9 Å². The van der Waals surface area contributed by atoms with E-state index in [1.165, 1.54) is 4.90 Å². The number of rotatable bonds is 5. The number of carbonyl (C=O) groups excluding carboxylic acids is 1. The molecule has 1 aliphatic rings. The number of aromatic nitrogens is 2. The third-order valence-electron chi connectivity index (χ3n) is 4.73. The van der Waals surface area contributed by atoms with Crippen LogP contribution < -0.4 is 10.6 Å². The third kappa shape index (κ3) is 4.76. The molecular formula is C19H22F3N5O2. The normalized spacial score (nSPS) is 15.4. The van der Waals surface area contributed by atoms with Gasteiger partial charge in [-0.2, -0.15) is 0 Å². The van der Waals surface area contributed by atoms with Gasteiger partial charge < -0.3 is 20.6 Å². The molecular weight excluding hydrogens is 387 g/mol.